The highest BCUT2D eigenvalue weighted by atomic mass is 16.6. The second-order valence-corrected chi connectivity index (χ2v) is 7.38. The van der Waals surface area contributed by atoms with E-state index < -0.39 is 23.7 Å². The molecular weight excluding hydrogens is 362 g/mol. The Hall–Kier alpha value is -2.77. The van der Waals surface area contributed by atoms with Gasteiger partial charge < -0.3 is 25.4 Å². The molecule has 0 radical (unpaired) electrons. The number of alkyl carbamates (subject to hydrolysis) is 1. The van der Waals surface area contributed by atoms with Crippen molar-refractivity contribution in [3.05, 3.63) is 35.9 Å². The van der Waals surface area contributed by atoms with Crippen LogP contribution in [0, 0.1) is 0 Å². The van der Waals surface area contributed by atoms with Gasteiger partial charge in [-0.1, -0.05) is 30.3 Å². The fraction of sp³-hybridized carbons (Fsp3) is 0.550. The van der Waals surface area contributed by atoms with Gasteiger partial charge in [-0.05, 0) is 39.2 Å². The van der Waals surface area contributed by atoms with Crippen LogP contribution >= 0.6 is 0 Å². The fourth-order valence-electron chi connectivity index (χ4n) is 2.28. The number of amides is 3. The molecule has 1 rings (SSSR count). The van der Waals surface area contributed by atoms with Crippen molar-refractivity contribution in [1.82, 2.24) is 10.2 Å². The molecule has 0 saturated carbocycles. The lowest BCUT2D eigenvalue weighted by Crippen LogP contribution is -2.36. The Morgan fingerprint density at radius 2 is 1.75 bits per heavy atom. The maximum Gasteiger partial charge on any atom is 0.410 e. The second-order valence-electron chi connectivity index (χ2n) is 7.38. The molecule has 0 heterocycles. The molecule has 1 aromatic carbocycles. The first-order chi connectivity index (χ1) is 13.2. The van der Waals surface area contributed by atoms with Crippen molar-refractivity contribution in [3.8, 4) is 0 Å². The highest BCUT2D eigenvalue weighted by molar-refractivity contribution is 5.75. The number of rotatable bonds is 10. The quantitative estimate of drug-likeness (QED) is 0.594. The van der Waals surface area contributed by atoms with Crippen LogP contribution in [0.5, 0.6) is 0 Å². The van der Waals surface area contributed by atoms with Crippen LogP contribution in [0.2, 0.25) is 0 Å². The molecule has 3 amide bonds. The number of unbranched alkanes of at least 4 members (excludes halogenated alkanes) is 1. The highest BCUT2D eigenvalue weighted by Gasteiger charge is 2.17. The van der Waals surface area contributed by atoms with Gasteiger partial charge in [0.25, 0.3) is 0 Å². The Labute approximate surface area is 166 Å². The van der Waals surface area contributed by atoms with Gasteiger partial charge in [0.15, 0.2) is 0 Å². The van der Waals surface area contributed by atoms with Crippen molar-refractivity contribution in [2.45, 2.75) is 52.2 Å². The van der Waals surface area contributed by atoms with Crippen LogP contribution in [-0.4, -0.2) is 48.2 Å². The summed E-state index contributed by atoms with van der Waals surface area (Å²) in [5.74, 6) is -0.479. The van der Waals surface area contributed by atoms with E-state index in [1.165, 1.54) is 4.90 Å². The number of benzene rings is 1. The van der Waals surface area contributed by atoms with Crippen molar-refractivity contribution in [1.29, 1.82) is 0 Å². The van der Waals surface area contributed by atoms with Gasteiger partial charge in [-0.3, -0.25) is 4.79 Å². The third-order valence-corrected chi connectivity index (χ3v) is 3.61. The summed E-state index contributed by atoms with van der Waals surface area (Å²) in [6.07, 6.45) is 0.384. The van der Waals surface area contributed by atoms with Gasteiger partial charge in [0.2, 0.25) is 5.91 Å². The normalized spacial score (nSPS) is 10.8. The third-order valence-electron chi connectivity index (χ3n) is 3.61. The molecule has 0 unspecified atom stereocenters. The summed E-state index contributed by atoms with van der Waals surface area (Å²) in [7, 11) is 0. The SMILES string of the molecule is CC(C)(C)OC(=O)NCCCCN(CCC(N)=O)C(=O)OCc1ccccc1. The molecule has 0 aliphatic rings. The molecule has 8 heteroatoms. The van der Waals surface area contributed by atoms with Crippen molar-refractivity contribution in [3.63, 3.8) is 0 Å². The topological polar surface area (TPSA) is 111 Å². The Kier molecular flexibility index (Phi) is 9.84. The fourth-order valence-corrected chi connectivity index (χ4v) is 2.28. The van der Waals surface area contributed by atoms with E-state index in [1.807, 2.05) is 30.3 Å². The molecule has 0 saturated heterocycles. The maximum absolute atomic E-state index is 12.3. The lowest BCUT2D eigenvalue weighted by atomic mass is 10.2. The number of nitrogens with one attached hydrogen (secondary N) is 1. The summed E-state index contributed by atoms with van der Waals surface area (Å²) in [6, 6.07) is 9.35. The van der Waals surface area contributed by atoms with Gasteiger partial charge in [-0.15, -0.1) is 0 Å². The van der Waals surface area contributed by atoms with E-state index in [0.29, 0.717) is 25.9 Å². The predicted molar refractivity (Wildman–Crippen MR) is 105 cm³/mol. The minimum absolute atomic E-state index is 0.0661. The molecular formula is C20H31N3O5. The first kappa shape index (κ1) is 23.3. The van der Waals surface area contributed by atoms with Crippen LogP contribution in [0.1, 0.15) is 45.6 Å². The molecule has 3 N–H and O–H groups in total. The number of hydrogen-bond donors (Lipinski definition) is 2. The van der Waals surface area contributed by atoms with Crippen molar-refractivity contribution in [2.75, 3.05) is 19.6 Å². The van der Waals surface area contributed by atoms with Crippen molar-refractivity contribution < 1.29 is 23.9 Å². The number of carbonyl (C=O) groups excluding carboxylic acids is 3. The average Bonchev–Trinajstić information content (AvgIpc) is 2.61. The average molecular weight is 393 g/mol. The standard InChI is InChI=1S/C20H31N3O5/c1-20(2,3)28-18(25)22-12-7-8-13-23(14-11-17(21)24)19(26)27-15-16-9-5-4-6-10-16/h4-6,9-10H,7-8,11-15H2,1-3H3,(H2,21,24)(H,22,25). The molecule has 0 fully saturated rings. The van der Waals surface area contributed by atoms with Crippen LogP contribution in [0.25, 0.3) is 0 Å². The zero-order chi connectivity index (χ0) is 21.0. The molecule has 28 heavy (non-hydrogen) atoms. The van der Waals surface area contributed by atoms with Crippen LogP contribution in [0.4, 0.5) is 9.59 Å². The van der Waals surface area contributed by atoms with E-state index in [1.54, 1.807) is 20.8 Å². The third kappa shape index (κ3) is 11.1. The summed E-state index contributed by atoms with van der Waals surface area (Å²) in [6.45, 7) is 6.57. The van der Waals surface area contributed by atoms with Crippen LogP contribution < -0.4 is 11.1 Å². The Morgan fingerprint density at radius 1 is 1.07 bits per heavy atom. The molecule has 0 bridgehead atoms. The summed E-state index contributed by atoms with van der Waals surface area (Å²) < 4.78 is 10.5. The number of hydrogen-bond acceptors (Lipinski definition) is 5. The lowest BCUT2D eigenvalue weighted by Gasteiger charge is -2.22. The Balaban J connectivity index is 2.38. The van der Waals surface area contributed by atoms with Crippen molar-refractivity contribution >= 4 is 18.1 Å². The zero-order valence-corrected chi connectivity index (χ0v) is 16.9. The van der Waals surface area contributed by atoms with E-state index in [9.17, 15) is 14.4 Å². The van der Waals surface area contributed by atoms with Gasteiger partial charge in [-0.2, -0.15) is 0 Å². The molecule has 0 aliphatic heterocycles. The van der Waals surface area contributed by atoms with Gasteiger partial charge in [0.05, 0.1) is 0 Å². The van der Waals surface area contributed by atoms with E-state index >= 15 is 0 Å². The largest absolute Gasteiger partial charge is 0.445 e. The summed E-state index contributed by atoms with van der Waals surface area (Å²) in [4.78, 5) is 36.4. The van der Waals surface area contributed by atoms with Crippen molar-refractivity contribution in [2.24, 2.45) is 5.73 Å². The van der Waals surface area contributed by atoms with Gasteiger partial charge in [-0.25, -0.2) is 9.59 Å². The van der Waals surface area contributed by atoms with E-state index in [2.05, 4.69) is 5.32 Å². The van der Waals surface area contributed by atoms with Gasteiger partial charge in [0.1, 0.15) is 12.2 Å². The van der Waals surface area contributed by atoms with E-state index in [-0.39, 0.29) is 19.6 Å². The predicted octanol–water partition coefficient (Wildman–Crippen LogP) is 2.81. The summed E-state index contributed by atoms with van der Waals surface area (Å²) >= 11 is 0. The highest BCUT2D eigenvalue weighted by Crippen LogP contribution is 2.07. The first-order valence-electron chi connectivity index (χ1n) is 9.38. The Bertz CT molecular complexity index is 628. The van der Waals surface area contributed by atoms with Gasteiger partial charge in [0, 0.05) is 26.1 Å². The number of primary amides is 1. The number of nitrogens with zero attached hydrogens (tertiary/aromatic N) is 1. The monoisotopic (exact) mass is 393 g/mol. The zero-order valence-electron chi connectivity index (χ0n) is 16.9. The smallest absolute Gasteiger partial charge is 0.410 e. The lowest BCUT2D eigenvalue weighted by molar-refractivity contribution is -0.118. The molecule has 0 aromatic heterocycles. The van der Waals surface area contributed by atoms with Gasteiger partial charge >= 0.3 is 12.2 Å². The number of ether oxygens (including phenoxy) is 2. The molecule has 1 aromatic rings. The second kappa shape index (κ2) is 11.8. The molecule has 0 aliphatic carbocycles. The maximum atomic E-state index is 12.3. The first-order valence-corrected chi connectivity index (χ1v) is 9.38. The molecule has 0 atom stereocenters. The molecule has 8 nitrogen and oxygen atoms in total. The molecule has 0 spiro atoms. The van der Waals surface area contributed by atoms with Crippen LogP contribution in [-0.2, 0) is 20.9 Å². The number of nitrogens with two attached hydrogens (primary N) is 1. The van der Waals surface area contributed by atoms with Crippen LogP contribution in [0.3, 0.4) is 0 Å². The van der Waals surface area contributed by atoms with Crippen LogP contribution in [0.15, 0.2) is 30.3 Å². The molecule has 156 valence electrons. The Morgan fingerprint density at radius 3 is 2.36 bits per heavy atom. The summed E-state index contributed by atoms with van der Waals surface area (Å²) in [5, 5.41) is 2.67. The number of carbonyl (C=O) groups is 3. The minimum Gasteiger partial charge on any atom is -0.445 e. The summed E-state index contributed by atoms with van der Waals surface area (Å²) in [5.41, 5.74) is 5.53. The van der Waals surface area contributed by atoms with E-state index in [4.69, 9.17) is 15.2 Å². The van der Waals surface area contributed by atoms with E-state index in [0.717, 1.165) is 5.56 Å². The minimum atomic E-state index is -0.543.